The van der Waals surface area contributed by atoms with Gasteiger partial charge >= 0.3 is 0 Å². The van der Waals surface area contributed by atoms with Crippen molar-refractivity contribution >= 4 is 16.5 Å². The van der Waals surface area contributed by atoms with Gasteiger partial charge in [0.1, 0.15) is 5.01 Å². The van der Waals surface area contributed by atoms with E-state index in [9.17, 15) is 0 Å². The highest BCUT2D eigenvalue weighted by molar-refractivity contribution is 7.15. The maximum Gasteiger partial charge on any atom is 0.205 e. The van der Waals surface area contributed by atoms with Crippen LogP contribution >= 0.6 is 11.3 Å². The SMILES string of the molecule is CCOc1ccc(CNc2nnc(CC)s2)cc1OC. The number of aromatic nitrogens is 2. The molecule has 2 rings (SSSR count). The van der Waals surface area contributed by atoms with Crippen molar-refractivity contribution in [3.63, 3.8) is 0 Å². The lowest BCUT2D eigenvalue weighted by Gasteiger charge is -2.11. The second kappa shape index (κ2) is 7.09. The third-order valence-electron chi connectivity index (χ3n) is 2.74. The summed E-state index contributed by atoms with van der Waals surface area (Å²) in [4.78, 5) is 0. The highest BCUT2D eigenvalue weighted by Gasteiger charge is 2.06. The van der Waals surface area contributed by atoms with Crippen LogP contribution < -0.4 is 14.8 Å². The Morgan fingerprint density at radius 2 is 2.05 bits per heavy atom. The van der Waals surface area contributed by atoms with Gasteiger partial charge in [0.25, 0.3) is 0 Å². The summed E-state index contributed by atoms with van der Waals surface area (Å²) in [5, 5.41) is 13.3. The Bertz CT molecular complexity index is 557. The minimum absolute atomic E-state index is 0.624. The highest BCUT2D eigenvalue weighted by Crippen LogP contribution is 2.28. The fraction of sp³-hybridized carbons (Fsp3) is 0.429. The normalized spacial score (nSPS) is 10.3. The molecule has 0 aliphatic carbocycles. The fourth-order valence-corrected chi connectivity index (χ4v) is 2.42. The smallest absolute Gasteiger partial charge is 0.205 e. The minimum Gasteiger partial charge on any atom is -0.493 e. The predicted octanol–water partition coefficient (Wildman–Crippen LogP) is 3.12. The van der Waals surface area contributed by atoms with Crippen LogP contribution in [0.1, 0.15) is 24.4 Å². The van der Waals surface area contributed by atoms with Crippen molar-refractivity contribution in [2.75, 3.05) is 19.0 Å². The Kier molecular flexibility index (Phi) is 5.17. The monoisotopic (exact) mass is 293 g/mol. The van der Waals surface area contributed by atoms with Gasteiger partial charge in [0.05, 0.1) is 13.7 Å². The zero-order valence-electron chi connectivity index (χ0n) is 12.0. The van der Waals surface area contributed by atoms with E-state index >= 15 is 0 Å². The summed E-state index contributed by atoms with van der Waals surface area (Å²) in [7, 11) is 1.65. The molecule has 0 saturated heterocycles. The lowest BCUT2D eigenvalue weighted by molar-refractivity contribution is 0.310. The van der Waals surface area contributed by atoms with Crippen molar-refractivity contribution in [3.05, 3.63) is 28.8 Å². The van der Waals surface area contributed by atoms with Crippen LogP contribution in [-0.4, -0.2) is 23.9 Å². The van der Waals surface area contributed by atoms with E-state index in [1.807, 2.05) is 25.1 Å². The van der Waals surface area contributed by atoms with Gasteiger partial charge in [-0.15, -0.1) is 10.2 Å². The topological polar surface area (TPSA) is 56.3 Å². The third kappa shape index (κ3) is 3.60. The van der Waals surface area contributed by atoms with E-state index in [0.29, 0.717) is 13.2 Å². The summed E-state index contributed by atoms with van der Waals surface area (Å²) in [6.07, 6.45) is 0.913. The molecule has 0 atom stereocenters. The summed E-state index contributed by atoms with van der Waals surface area (Å²) in [6.45, 7) is 5.33. The second-order valence-electron chi connectivity index (χ2n) is 4.13. The van der Waals surface area contributed by atoms with Gasteiger partial charge in [-0.05, 0) is 31.0 Å². The average molecular weight is 293 g/mol. The van der Waals surface area contributed by atoms with Crippen LogP contribution in [0.25, 0.3) is 0 Å². The molecule has 1 N–H and O–H groups in total. The molecule has 108 valence electrons. The Morgan fingerprint density at radius 1 is 1.20 bits per heavy atom. The second-order valence-corrected chi connectivity index (χ2v) is 5.19. The quantitative estimate of drug-likeness (QED) is 0.850. The standard InChI is InChI=1S/C14H19N3O2S/c1-4-13-16-17-14(20-13)15-9-10-6-7-11(19-5-2)12(8-10)18-3/h6-8H,4-5,9H2,1-3H3,(H,15,17). The van der Waals surface area contributed by atoms with Crippen LogP contribution in [0.5, 0.6) is 11.5 Å². The average Bonchev–Trinajstić information content (AvgIpc) is 2.94. The van der Waals surface area contributed by atoms with Crippen LogP contribution in [0.4, 0.5) is 5.13 Å². The van der Waals surface area contributed by atoms with Crippen LogP contribution in [0.2, 0.25) is 0 Å². The summed E-state index contributed by atoms with van der Waals surface area (Å²) in [5.74, 6) is 1.51. The number of nitrogens with one attached hydrogen (secondary N) is 1. The summed E-state index contributed by atoms with van der Waals surface area (Å²) >= 11 is 1.58. The number of benzene rings is 1. The van der Waals surface area contributed by atoms with Gasteiger partial charge in [0.2, 0.25) is 5.13 Å². The molecular weight excluding hydrogens is 274 g/mol. The third-order valence-corrected chi connectivity index (χ3v) is 3.77. The largest absolute Gasteiger partial charge is 0.493 e. The first-order chi connectivity index (χ1) is 9.76. The number of methoxy groups -OCH3 is 1. The minimum atomic E-state index is 0.624. The number of hydrogen-bond donors (Lipinski definition) is 1. The predicted molar refractivity (Wildman–Crippen MR) is 80.8 cm³/mol. The molecule has 6 heteroatoms. The number of ether oxygens (including phenoxy) is 2. The molecule has 1 heterocycles. The summed E-state index contributed by atoms with van der Waals surface area (Å²) < 4.78 is 10.8. The molecule has 0 unspecified atom stereocenters. The number of nitrogens with zero attached hydrogens (tertiary/aromatic N) is 2. The van der Waals surface area contributed by atoms with Crippen LogP contribution in [0.15, 0.2) is 18.2 Å². The Morgan fingerprint density at radius 3 is 2.70 bits per heavy atom. The first kappa shape index (κ1) is 14.6. The molecule has 0 bridgehead atoms. The molecule has 2 aromatic rings. The Balaban J connectivity index is 2.02. The number of aryl methyl sites for hydroxylation is 1. The van der Waals surface area contributed by atoms with E-state index in [1.165, 1.54) is 0 Å². The van der Waals surface area contributed by atoms with Crippen LogP contribution in [0, 0.1) is 0 Å². The zero-order valence-corrected chi connectivity index (χ0v) is 12.8. The van der Waals surface area contributed by atoms with Crippen molar-refractivity contribution in [2.24, 2.45) is 0 Å². The van der Waals surface area contributed by atoms with Gasteiger partial charge in [-0.3, -0.25) is 0 Å². The molecule has 0 spiro atoms. The molecule has 0 aliphatic rings. The van der Waals surface area contributed by atoms with Gasteiger partial charge in [-0.2, -0.15) is 0 Å². The zero-order chi connectivity index (χ0) is 14.4. The molecule has 0 fully saturated rings. The van der Waals surface area contributed by atoms with E-state index < -0.39 is 0 Å². The molecule has 1 aromatic heterocycles. The van der Waals surface area contributed by atoms with E-state index in [4.69, 9.17) is 9.47 Å². The summed E-state index contributed by atoms with van der Waals surface area (Å²) in [5.41, 5.74) is 1.11. The maximum absolute atomic E-state index is 5.50. The summed E-state index contributed by atoms with van der Waals surface area (Å²) in [6, 6.07) is 5.92. The van der Waals surface area contributed by atoms with Gasteiger partial charge < -0.3 is 14.8 Å². The van der Waals surface area contributed by atoms with Gasteiger partial charge in [-0.1, -0.05) is 24.3 Å². The molecule has 5 nitrogen and oxygen atoms in total. The number of anilines is 1. The molecule has 0 radical (unpaired) electrons. The van der Waals surface area contributed by atoms with Crippen molar-refractivity contribution in [1.29, 1.82) is 0 Å². The lowest BCUT2D eigenvalue weighted by Crippen LogP contribution is -2.01. The first-order valence-electron chi connectivity index (χ1n) is 6.62. The van der Waals surface area contributed by atoms with E-state index in [-0.39, 0.29) is 0 Å². The van der Waals surface area contributed by atoms with Crippen LogP contribution in [-0.2, 0) is 13.0 Å². The molecule has 20 heavy (non-hydrogen) atoms. The number of hydrogen-bond acceptors (Lipinski definition) is 6. The van der Waals surface area contributed by atoms with E-state index in [2.05, 4.69) is 22.4 Å². The Labute approximate surface area is 123 Å². The fourth-order valence-electron chi connectivity index (χ4n) is 1.74. The van der Waals surface area contributed by atoms with Crippen molar-refractivity contribution in [3.8, 4) is 11.5 Å². The molecular formula is C14H19N3O2S. The first-order valence-corrected chi connectivity index (χ1v) is 7.44. The van der Waals surface area contributed by atoms with Gasteiger partial charge in [-0.25, -0.2) is 0 Å². The van der Waals surface area contributed by atoms with E-state index in [0.717, 1.165) is 33.6 Å². The molecule has 0 amide bonds. The van der Waals surface area contributed by atoms with Crippen molar-refractivity contribution in [2.45, 2.75) is 26.8 Å². The lowest BCUT2D eigenvalue weighted by atomic mass is 10.2. The van der Waals surface area contributed by atoms with Gasteiger partial charge in [0.15, 0.2) is 11.5 Å². The van der Waals surface area contributed by atoms with Crippen molar-refractivity contribution in [1.82, 2.24) is 10.2 Å². The van der Waals surface area contributed by atoms with Crippen LogP contribution in [0.3, 0.4) is 0 Å². The molecule has 0 saturated carbocycles. The molecule has 0 aliphatic heterocycles. The highest BCUT2D eigenvalue weighted by atomic mass is 32.1. The van der Waals surface area contributed by atoms with Gasteiger partial charge in [0, 0.05) is 6.54 Å². The number of rotatable bonds is 7. The van der Waals surface area contributed by atoms with E-state index in [1.54, 1.807) is 18.4 Å². The molecule has 1 aromatic carbocycles. The Hall–Kier alpha value is -1.82. The maximum atomic E-state index is 5.50. The van der Waals surface area contributed by atoms with Crippen molar-refractivity contribution < 1.29 is 9.47 Å².